The zero-order chi connectivity index (χ0) is 17.1. The number of hydrogen-bond donors (Lipinski definition) is 1. The summed E-state index contributed by atoms with van der Waals surface area (Å²) < 4.78 is 14.7. The van der Waals surface area contributed by atoms with Crippen LogP contribution in [0.25, 0.3) is 11.0 Å². The Bertz CT molecular complexity index is 962. The zero-order valence-corrected chi connectivity index (χ0v) is 13.9. The number of aromatic nitrogens is 2. The first-order valence-electron chi connectivity index (χ1n) is 7.33. The van der Waals surface area contributed by atoms with Crippen LogP contribution in [0.2, 0.25) is 5.02 Å². The third-order valence-corrected chi connectivity index (χ3v) is 3.74. The van der Waals surface area contributed by atoms with Gasteiger partial charge in [0.15, 0.2) is 0 Å². The maximum absolute atomic E-state index is 12.8. The van der Waals surface area contributed by atoms with Gasteiger partial charge in [0.1, 0.15) is 11.5 Å². The monoisotopic (exact) mass is 339 g/mol. The molecule has 1 aromatic carbocycles. The molecule has 0 aliphatic carbocycles. The van der Waals surface area contributed by atoms with Gasteiger partial charge in [0, 0.05) is 29.2 Å². The molecule has 0 saturated heterocycles. The van der Waals surface area contributed by atoms with Crippen LogP contribution in [-0.2, 0) is 7.05 Å². The first kappa shape index (κ1) is 16.1. The highest BCUT2D eigenvalue weighted by Gasteiger charge is 2.07. The number of nitrogens with zero attached hydrogens (tertiary/aromatic N) is 2. The molecule has 0 aliphatic heterocycles. The molecule has 0 atom stereocenters. The highest BCUT2D eigenvalue weighted by molar-refractivity contribution is 6.30. The number of aryl methyl sites for hydroxylation is 1. The van der Waals surface area contributed by atoms with Gasteiger partial charge in [-0.1, -0.05) is 30.0 Å². The molecule has 24 heavy (non-hydrogen) atoms. The van der Waals surface area contributed by atoms with Crippen molar-refractivity contribution in [1.29, 1.82) is 0 Å². The van der Waals surface area contributed by atoms with E-state index in [4.69, 9.17) is 11.6 Å². The summed E-state index contributed by atoms with van der Waals surface area (Å²) in [6.45, 7) is 3.30. The molecule has 2 aromatic heterocycles. The van der Waals surface area contributed by atoms with E-state index in [9.17, 15) is 4.39 Å². The van der Waals surface area contributed by atoms with Crippen molar-refractivity contribution in [3.63, 3.8) is 0 Å². The molecule has 3 aromatic rings. The van der Waals surface area contributed by atoms with Gasteiger partial charge < -0.3 is 9.88 Å². The number of nitrogens with one attached hydrogen (secondary N) is 1. The lowest BCUT2D eigenvalue weighted by atomic mass is 10.2. The minimum absolute atomic E-state index is 0.0613. The van der Waals surface area contributed by atoms with E-state index in [1.807, 2.05) is 48.1 Å². The topological polar surface area (TPSA) is 29.9 Å². The summed E-state index contributed by atoms with van der Waals surface area (Å²) in [5.41, 5.74) is 3.28. The van der Waals surface area contributed by atoms with Crippen molar-refractivity contribution in [2.45, 2.75) is 0 Å². The fourth-order valence-corrected chi connectivity index (χ4v) is 2.45. The van der Waals surface area contributed by atoms with Crippen LogP contribution in [0.4, 0.5) is 10.1 Å². The molecule has 120 valence electrons. The fourth-order valence-electron chi connectivity index (χ4n) is 2.33. The molecule has 3 rings (SSSR count). The number of anilines is 1. The van der Waals surface area contributed by atoms with Crippen LogP contribution < -0.4 is 5.32 Å². The molecular weight excluding hydrogens is 325 g/mol. The van der Waals surface area contributed by atoms with Gasteiger partial charge in [0.05, 0.1) is 24.0 Å². The Balaban J connectivity index is 1.97. The fraction of sp³-hybridized carbons (Fsp3) is 0.105. The molecule has 1 N–H and O–H groups in total. The average molecular weight is 340 g/mol. The molecule has 0 spiro atoms. The second-order valence-corrected chi connectivity index (χ2v) is 5.81. The number of pyridine rings is 1. The Kier molecular flexibility index (Phi) is 4.54. The number of benzene rings is 1. The molecule has 0 fully saturated rings. The van der Waals surface area contributed by atoms with E-state index in [1.54, 1.807) is 6.20 Å². The van der Waals surface area contributed by atoms with Crippen molar-refractivity contribution in [3.05, 3.63) is 71.3 Å². The Morgan fingerprint density at radius 2 is 2.08 bits per heavy atom. The summed E-state index contributed by atoms with van der Waals surface area (Å²) in [4.78, 5) is 4.41. The summed E-state index contributed by atoms with van der Waals surface area (Å²) in [6, 6.07) is 9.28. The molecule has 0 saturated carbocycles. The van der Waals surface area contributed by atoms with E-state index in [-0.39, 0.29) is 6.54 Å². The van der Waals surface area contributed by atoms with Gasteiger partial charge in [-0.3, -0.25) is 0 Å². The van der Waals surface area contributed by atoms with Gasteiger partial charge in [-0.05, 0) is 30.3 Å². The van der Waals surface area contributed by atoms with Gasteiger partial charge >= 0.3 is 0 Å². The van der Waals surface area contributed by atoms with Crippen LogP contribution >= 0.6 is 11.6 Å². The minimum Gasteiger partial charge on any atom is -0.377 e. The van der Waals surface area contributed by atoms with Gasteiger partial charge in [0.2, 0.25) is 0 Å². The second-order valence-electron chi connectivity index (χ2n) is 5.38. The highest BCUT2D eigenvalue weighted by atomic mass is 35.5. The molecule has 5 heteroatoms. The van der Waals surface area contributed by atoms with Crippen LogP contribution in [0.1, 0.15) is 11.1 Å². The maximum Gasteiger partial charge on any atom is 0.141 e. The largest absolute Gasteiger partial charge is 0.377 e. The SMILES string of the molecule is C=C(F)CNc1cnc2c(c1)c(C#Cc1ccc(Cl)cc1)cn2C. The zero-order valence-electron chi connectivity index (χ0n) is 13.1. The lowest BCUT2D eigenvalue weighted by Gasteiger charge is -2.04. The van der Waals surface area contributed by atoms with Crippen LogP contribution in [0.5, 0.6) is 0 Å². The van der Waals surface area contributed by atoms with E-state index < -0.39 is 5.83 Å². The summed E-state index contributed by atoms with van der Waals surface area (Å²) >= 11 is 5.88. The number of halogens is 2. The number of rotatable bonds is 3. The minimum atomic E-state index is -0.425. The van der Waals surface area contributed by atoms with Crippen LogP contribution in [0, 0.1) is 11.8 Å². The Morgan fingerprint density at radius 1 is 1.33 bits per heavy atom. The highest BCUT2D eigenvalue weighted by Crippen LogP contribution is 2.22. The lowest BCUT2D eigenvalue weighted by Crippen LogP contribution is -2.01. The standard InChI is InChI=1S/C19H15ClFN3/c1-13(21)10-22-17-9-18-15(12-24(2)19(18)23-11-17)6-3-14-4-7-16(20)8-5-14/h4-5,7-9,11-12,22H,1,10H2,2H3. The van der Waals surface area contributed by atoms with E-state index >= 15 is 0 Å². The summed E-state index contributed by atoms with van der Waals surface area (Å²) in [5, 5.41) is 4.53. The summed E-state index contributed by atoms with van der Waals surface area (Å²) in [7, 11) is 1.92. The predicted octanol–water partition coefficient (Wildman–Crippen LogP) is 4.52. The van der Waals surface area contributed by atoms with Crippen LogP contribution in [-0.4, -0.2) is 16.1 Å². The molecule has 0 aliphatic rings. The molecule has 0 unspecified atom stereocenters. The van der Waals surface area contributed by atoms with Crippen molar-refractivity contribution in [2.24, 2.45) is 7.05 Å². The van der Waals surface area contributed by atoms with Crippen molar-refractivity contribution in [2.75, 3.05) is 11.9 Å². The number of fused-ring (bicyclic) bond motifs is 1. The Labute approximate surface area is 144 Å². The third-order valence-electron chi connectivity index (χ3n) is 3.48. The van der Waals surface area contributed by atoms with Crippen LogP contribution in [0.15, 0.2) is 55.1 Å². The summed E-state index contributed by atoms with van der Waals surface area (Å²) in [5.74, 6) is 5.86. The van der Waals surface area contributed by atoms with E-state index in [1.165, 1.54) is 0 Å². The normalized spacial score (nSPS) is 10.3. The quantitative estimate of drug-likeness (QED) is 0.711. The van der Waals surface area contributed by atoms with E-state index in [0.29, 0.717) is 5.02 Å². The van der Waals surface area contributed by atoms with Crippen molar-refractivity contribution in [1.82, 2.24) is 9.55 Å². The molecule has 0 radical (unpaired) electrons. The maximum atomic E-state index is 12.8. The van der Waals surface area contributed by atoms with Gasteiger partial charge in [-0.2, -0.15) is 0 Å². The Morgan fingerprint density at radius 3 is 2.79 bits per heavy atom. The predicted molar refractivity (Wildman–Crippen MR) is 96.9 cm³/mol. The van der Waals surface area contributed by atoms with E-state index in [2.05, 4.69) is 28.7 Å². The molecule has 3 nitrogen and oxygen atoms in total. The summed E-state index contributed by atoms with van der Waals surface area (Å²) in [6.07, 6.45) is 3.60. The van der Waals surface area contributed by atoms with Gasteiger partial charge in [0.25, 0.3) is 0 Å². The average Bonchev–Trinajstić information content (AvgIpc) is 2.88. The molecule has 2 heterocycles. The van der Waals surface area contributed by atoms with Crippen LogP contribution in [0.3, 0.4) is 0 Å². The van der Waals surface area contributed by atoms with Crippen molar-refractivity contribution >= 4 is 28.3 Å². The van der Waals surface area contributed by atoms with Crippen molar-refractivity contribution in [3.8, 4) is 11.8 Å². The van der Waals surface area contributed by atoms with E-state index in [0.717, 1.165) is 27.8 Å². The third kappa shape index (κ3) is 3.58. The van der Waals surface area contributed by atoms with Gasteiger partial charge in [-0.25, -0.2) is 9.37 Å². The molecule has 0 amide bonds. The molecular formula is C19H15ClFN3. The lowest BCUT2D eigenvalue weighted by molar-refractivity contribution is 0.631. The first-order valence-corrected chi connectivity index (χ1v) is 7.70. The number of hydrogen-bond acceptors (Lipinski definition) is 2. The Hall–Kier alpha value is -2.77. The van der Waals surface area contributed by atoms with Crippen molar-refractivity contribution < 1.29 is 4.39 Å². The smallest absolute Gasteiger partial charge is 0.141 e. The second kappa shape index (κ2) is 6.77. The molecule has 0 bridgehead atoms. The van der Waals surface area contributed by atoms with Gasteiger partial charge in [-0.15, -0.1) is 0 Å². The first-order chi connectivity index (χ1) is 11.5.